The van der Waals surface area contributed by atoms with Crippen molar-refractivity contribution in [2.24, 2.45) is 5.92 Å². The fourth-order valence-corrected chi connectivity index (χ4v) is 2.90. The lowest BCUT2D eigenvalue weighted by atomic mass is 10.1. The second-order valence-electron chi connectivity index (χ2n) is 5.99. The molecule has 116 valence electrons. The van der Waals surface area contributed by atoms with Crippen LogP contribution in [0.25, 0.3) is 0 Å². The molecule has 1 fully saturated rings. The standard InChI is InChI=1S/C19H23NO2/c21-14-18-10-11-20(13-18)12-16-6-8-19(9-7-16)22-15-17-4-2-1-3-5-17/h1-9,18,21H,10-15H2. The summed E-state index contributed by atoms with van der Waals surface area (Å²) >= 11 is 0. The van der Waals surface area contributed by atoms with Gasteiger partial charge in [-0.3, -0.25) is 4.90 Å². The summed E-state index contributed by atoms with van der Waals surface area (Å²) in [5.74, 6) is 1.36. The average Bonchev–Trinajstić information content (AvgIpc) is 3.03. The van der Waals surface area contributed by atoms with Crippen LogP contribution in [-0.2, 0) is 13.2 Å². The van der Waals surface area contributed by atoms with Gasteiger partial charge >= 0.3 is 0 Å². The van der Waals surface area contributed by atoms with E-state index >= 15 is 0 Å². The van der Waals surface area contributed by atoms with Gasteiger partial charge in [0.15, 0.2) is 0 Å². The second-order valence-corrected chi connectivity index (χ2v) is 5.99. The van der Waals surface area contributed by atoms with Crippen molar-refractivity contribution in [2.75, 3.05) is 19.7 Å². The lowest BCUT2D eigenvalue weighted by Crippen LogP contribution is -2.20. The van der Waals surface area contributed by atoms with Gasteiger partial charge < -0.3 is 9.84 Å². The Morgan fingerprint density at radius 2 is 1.77 bits per heavy atom. The Hall–Kier alpha value is -1.84. The monoisotopic (exact) mass is 297 g/mol. The topological polar surface area (TPSA) is 32.7 Å². The molecule has 1 aliphatic heterocycles. The lowest BCUT2D eigenvalue weighted by molar-refractivity contribution is 0.220. The molecule has 1 unspecified atom stereocenters. The minimum Gasteiger partial charge on any atom is -0.489 e. The highest BCUT2D eigenvalue weighted by Gasteiger charge is 2.21. The highest BCUT2D eigenvalue weighted by Crippen LogP contribution is 2.20. The highest BCUT2D eigenvalue weighted by molar-refractivity contribution is 5.27. The molecule has 0 amide bonds. The van der Waals surface area contributed by atoms with Gasteiger partial charge in [-0.2, -0.15) is 0 Å². The molecule has 1 heterocycles. The van der Waals surface area contributed by atoms with Gasteiger partial charge in [0.05, 0.1) is 0 Å². The molecular formula is C19H23NO2. The average molecular weight is 297 g/mol. The molecule has 3 nitrogen and oxygen atoms in total. The van der Waals surface area contributed by atoms with Gasteiger partial charge in [-0.25, -0.2) is 0 Å². The van der Waals surface area contributed by atoms with Crippen molar-refractivity contribution in [3.63, 3.8) is 0 Å². The van der Waals surface area contributed by atoms with Crippen LogP contribution in [0.15, 0.2) is 54.6 Å². The summed E-state index contributed by atoms with van der Waals surface area (Å²) < 4.78 is 5.80. The Labute approximate surface area is 132 Å². The minimum atomic E-state index is 0.308. The van der Waals surface area contributed by atoms with Gasteiger partial charge in [0.2, 0.25) is 0 Å². The molecule has 1 N–H and O–H groups in total. The number of nitrogens with zero attached hydrogens (tertiary/aromatic N) is 1. The fourth-order valence-electron chi connectivity index (χ4n) is 2.90. The SMILES string of the molecule is OCC1CCN(Cc2ccc(OCc3ccccc3)cc2)C1. The van der Waals surface area contributed by atoms with E-state index in [9.17, 15) is 5.11 Å². The number of likely N-dealkylation sites (tertiary alicyclic amines) is 1. The Morgan fingerprint density at radius 3 is 2.45 bits per heavy atom. The zero-order valence-electron chi connectivity index (χ0n) is 12.8. The first-order valence-corrected chi connectivity index (χ1v) is 7.92. The zero-order valence-corrected chi connectivity index (χ0v) is 12.8. The molecule has 2 aromatic carbocycles. The van der Waals surface area contributed by atoms with Crippen molar-refractivity contribution in [1.29, 1.82) is 0 Å². The summed E-state index contributed by atoms with van der Waals surface area (Å²) in [6, 6.07) is 18.5. The van der Waals surface area contributed by atoms with Crippen LogP contribution >= 0.6 is 0 Å². The van der Waals surface area contributed by atoms with E-state index in [1.807, 2.05) is 30.3 Å². The van der Waals surface area contributed by atoms with Crippen molar-refractivity contribution in [1.82, 2.24) is 4.90 Å². The van der Waals surface area contributed by atoms with Crippen molar-refractivity contribution in [3.05, 3.63) is 65.7 Å². The van der Waals surface area contributed by atoms with Crippen molar-refractivity contribution in [3.8, 4) is 5.75 Å². The molecule has 2 aromatic rings. The first-order valence-electron chi connectivity index (χ1n) is 7.92. The summed E-state index contributed by atoms with van der Waals surface area (Å²) in [6.45, 7) is 3.95. The summed E-state index contributed by atoms with van der Waals surface area (Å²) in [6.07, 6.45) is 1.11. The quantitative estimate of drug-likeness (QED) is 0.889. The molecule has 22 heavy (non-hydrogen) atoms. The minimum absolute atomic E-state index is 0.308. The molecule has 0 aliphatic carbocycles. The van der Waals surface area contributed by atoms with Crippen LogP contribution in [0.1, 0.15) is 17.5 Å². The number of aliphatic hydroxyl groups is 1. The number of rotatable bonds is 6. The van der Waals surface area contributed by atoms with Gasteiger partial charge in [-0.05, 0) is 42.1 Å². The van der Waals surface area contributed by atoms with Crippen molar-refractivity contribution in [2.45, 2.75) is 19.6 Å². The van der Waals surface area contributed by atoms with E-state index < -0.39 is 0 Å². The molecule has 0 spiro atoms. The predicted molar refractivity (Wildman–Crippen MR) is 87.7 cm³/mol. The molecule has 1 atom stereocenters. The van der Waals surface area contributed by atoms with Gasteiger partial charge in [-0.15, -0.1) is 0 Å². The van der Waals surface area contributed by atoms with Crippen LogP contribution in [0.5, 0.6) is 5.75 Å². The Morgan fingerprint density at radius 1 is 1.00 bits per heavy atom. The second kappa shape index (κ2) is 7.43. The van der Waals surface area contributed by atoms with Crippen LogP contribution < -0.4 is 4.74 Å². The first kappa shape index (κ1) is 15.1. The predicted octanol–water partition coefficient (Wildman–Crippen LogP) is 3.08. The molecule has 3 heteroatoms. The lowest BCUT2D eigenvalue weighted by Gasteiger charge is -2.16. The van der Waals surface area contributed by atoms with Crippen LogP contribution in [0.2, 0.25) is 0 Å². The Bertz CT molecular complexity index is 568. The largest absolute Gasteiger partial charge is 0.489 e. The molecule has 1 saturated heterocycles. The zero-order chi connectivity index (χ0) is 15.2. The molecule has 3 rings (SSSR count). The van der Waals surface area contributed by atoms with Crippen molar-refractivity contribution >= 4 is 0 Å². The summed E-state index contributed by atoms with van der Waals surface area (Å²) in [7, 11) is 0. The van der Waals surface area contributed by atoms with Crippen LogP contribution in [-0.4, -0.2) is 29.7 Å². The normalized spacial score (nSPS) is 18.5. The van der Waals surface area contributed by atoms with Crippen LogP contribution in [0.4, 0.5) is 0 Å². The first-order chi connectivity index (χ1) is 10.8. The van der Waals surface area contributed by atoms with Gasteiger partial charge in [-0.1, -0.05) is 42.5 Å². The van der Waals surface area contributed by atoms with E-state index in [4.69, 9.17) is 4.74 Å². The molecular weight excluding hydrogens is 274 g/mol. The molecule has 1 aliphatic rings. The van der Waals surface area contributed by atoms with E-state index in [2.05, 4.69) is 29.2 Å². The van der Waals surface area contributed by atoms with Gasteiger partial charge in [0.1, 0.15) is 12.4 Å². The number of ether oxygens (including phenoxy) is 1. The summed E-state index contributed by atoms with van der Waals surface area (Å²) in [5, 5.41) is 9.20. The van der Waals surface area contributed by atoms with E-state index in [1.165, 1.54) is 11.1 Å². The number of hydrogen-bond donors (Lipinski definition) is 1. The maximum Gasteiger partial charge on any atom is 0.119 e. The maximum absolute atomic E-state index is 9.20. The number of hydrogen-bond acceptors (Lipinski definition) is 3. The smallest absolute Gasteiger partial charge is 0.119 e. The van der Waals surface area contributed by atoms with Crippen LogP contribution in [0.3, 0.4) is 0 Å². The third-order valence-electron chi connectivity index (χ3n) is 4.21. The number of aliphatic hydroxyl groups excluding tert-OH is 1. The maximum atomic E-state index is 9.20. The molecule has 0 aromatic heterocycles. The van der Waals surface area contributed by atoms with Crippen LogP contribution in [0, 0.1) is 5.92 Å². The third kappa shape index (κ3) is 4.09. The Kier molecular flexibility index (Phi) is 5.09. The van der Waals surface area contributed by atoms with Gasteiger partial charge in [0.25, 0.3) is 0 Å². The van der Waals surface area contributed by atoms with Crippen molar-refractivity contribution < 1.29 is 9.84 Å². The molecule has 0 radical (unpaired) electrons. The summed E-state index contributed by atoms with van der Waals surface area (Å²) in [4.78, 5) is 2.40. The molecule has 0 bridgehead atoms. The molecule has 0 saturated carbocycles. The summed E-state index contributed by atoms with van der Waals surface area (Å²) in [5.41, 5.74) is 2.48. The Balaban J connectivity index is 1.50. The van der Waals surface area contributed by atoms with Gasteiger partial charge in [0, 0.05) is 19.7 Å². The number of benzene rings is 2. The highest BCUT2D eigenvalue weighted by atomic mass is 16.5. The van der Waals surface area contributed by atoms with E-state index in [-0.39, 0.29) is 0 Å². The van der Waals surface area contributed by atoms with E-state index in [0.29, 0.717) is 19.1 Å². The third-order valence-corrected chi connectivity index (χ3v) is 4.21. The van der Waals surface area contributed by atoms with E-state index in [1.54, 1.807) is 0 Å². The van der Waals surface area contributed by atoms with E-state index in [0.717, 1.165) is 31.8 Å². The fraction of sp³-hybridized carbons (Fsp3) is 0.368.